The SMILES string of the molecule is NC(Cc1c(F)cccc1Cl)c1cc2ccccc2s1. The van der Waals surface area contributed by atoms with Gasteiger partial charge in [-0.25, -0.2) is 4.39 Å². The van der Waals surface area contributed by atoms with Crippen molar-refractivity contribution in [3.63, 3.8) is 0 Å². The van der Waals surface area contributed by atoms with Gasteiger partial charge in [-0.3, -0.25) is 0 Å². The molecule has 102 valence electrons. The number of hydrogen-bond donors (Lipinski definition) is 1. The van der Waals surface area contributed by atoms with E-state index in [1.165, 1.54) is 16.2 Å². The average Bonchev–Trinajstić information content (AvgIpc) is 2.87. The predicted molar refractivity (Wildman–Crippen MR) is 83.9 cm³/mol. The first-order valence-corrected chi connectivity index (χ1v) is 7.51. The van der Waals surface area contributed by atoms with Gasteiger partial charge in [0.15, 0.2) is 0 Å². The lowest BCUT2D eigenvalue weighted by Crippen LogP contribution is -2.13. The van der Waals surface area contributed by atoms with Gasteiger partial charge in [0.05, 0.1) is 0 Å². The van der Waals surface area contributed by atoms with Crippen molar-refractivity contribution in [1.82, 2.24) is 0 Å². The van der Waals surface area contributed by atoms with Gasteiger partial charge in [0.1, 0.15) is 5.82 Å². The second-order valence-electron chi connectivity index (χ2n) is 4.70. The molecule has 4 heteroatoms. The fourth-order valence-corrected chi connectivity index (χ4v) is 3.54. The minimum atomic E-state index is -0.297. The molecule has 1 atom stereocenters. The van der Waals surface area contributed by atoms with E-state index in [0.717, 1.165) is 4.88 Å². The molecule has 1 nitrogen and oxygen atoms in total. The zero-order chi connectivity index (χ0) is 14.1. The molecule has 0 saturated heterocycles. The topological polar surface area (TPSA) is 26.0 Å². The number of nitrogens with two attached hydrogens (primary N) is 1. The summed E-state index contributed by atoms with van der Waals surface area (Å²) < 4.78 is 15.0. The molecule has 0 aliphatic carbocycles. The summed E-state index contributed by atoms with van der Waals surface area (Å²) in [5.41, 5.74) is 6.70. The summed E-state index contributed by atoms with van der Waals surface area (Å²) in [5, 5.41) is 1.60. The maximum absolute atomic E-state index is 13.8. The van der Waals surface area contributed by atoms with Gasteiger partial charge in [0.2, 0.25) is 0 Å². The zero-order valence-corrected chi connectivity index (χ0v) is 12.2. The third-order valence-electron chi connectivity index (χ3n) is 3.30. The Morgan fingerprint density at radius 1 is 1.15 bits per heavy atom. The molecule has 0 spiro atoms. The lowest BCUT2D eigenvalue weighted by molar-refractivity contribution is 0.595. The lowest BCUT2D eigenvalue weighted by atomic mass is 10.0. The third-order valence-corrected chi connectivity index (χ3v) is 4.90. The molecule has 0 amide bonds. The number of halogens is 2. The highest BCUT2D eigenvalue weighted by Crippen LogP contribution is 2.32. The molecule has 20 heavy (non-hydrogen) atoms. The third kappa shape index (κ3) is 2.57. The monoisotopic (exact) mass is 305 g/mol. The zero-order valence-electron chi connectivity index (χ0n) is 10.6. The van der Waals surface area contributed by atoms with Crippen LogP contribution in [0.25, 0.3) is 10.1 Å². The summed E-state index contributed by atoms with van der Waals surface area (Å²) >= 11 is 7.69. The highest BCUT2D eigenvalue weighted by Gasteiger charge is 2.15. The van der Waals surface area contributed by atoms with Gasteiger partial charge < -0.3 is 5.73 Å². The van der Waals surface area contributed by atoms with Crippen LogP contribution in [0.2, 0.25) is 5.02 Å². The van der Waals surface area contributed by atoms with Crippen LogP contribution < -0.4 is 5.73 Å². The first kappa shape index (κ1) is 13.6. The largest absolute Gasteiger partial charge is 0.323 e. The van der Waals surface area contributed by atoms with E-state index in [9.17, 15) is 4.39 Å². The molecule has 0 bridgehead atoms. The second kappa shape index (κ2) is 5.52. The molecule has 1 heterocycles. The Morgan fingerprint density at radius 2 is 1.95 bits per heavy atom. The van der Waals surface area contributed by atoms with Crippen LogP contribution in [0, 0.1) is 5.82 Å². The molecule has 3 aromatic rings. The number of rotatable bonds is 3. The maximum atomic E-state index is 13.8. The molecule has 0 aliphatic rings. The van der Waals surface area contributed by atoms with Crippen LogP contribution >= 0.6 is 22.9 Å². The Morgan fingerprint density at radius 3 is 2.70 bits per heavy atom. The molecule has 1 aromatic heterocycles. The van der Waals surface area contributed by atoms with E-state index in [0.29, 0.717) is 17.0 Å². The van der Waals surface area contributed by atoms with E-state index >= 15 is 0 Å². The van der Waals surface area contributed by atoms with Crippen LogP contribution in [-0.4, -0.2) is 0 Å². The van der Waals surface area contributed by atoms with Crippen molar-refractivity contribution in [2.24, 2.45) is 5.73 Å². The number of hydrogen-bond acceptors (Lipinski definition) is 2. The molecule has 0 radical (unpaired) electrons. The smallest absolute Gasteiger partial charge is 0.127 e. The first-order chi connectivity index (χ1) is 9.65. The predicted octanol–water partition coefficient (Wildman–Crippen LogP) is 4.94. The highest BCUT2D eigenvalue weighted by atomic mass is 35.5. The van der Waals surface area contributed by atoms with Crippen molar-refractivity contribution in [2.75, 3.05) is 0 Å². The van der Waals surface area contributed by atoms with E-state index in [-0.39, 0.29) is 11.9 Å². The van der Waals surface area contributed by atoms with Gasteiger partial charge >= 0.3 is 0 Å². The van der Waals surface area contributed by atoms with Crippen LogP contribution in [0.15, 0.2) is 48.5 Å². The van der Waals surface area contributed by atoms with Crippen LogP contribution in [-0.2, 0) is 6.42 Å². The molecule has 0 saturated carbocycles. The van der Waals surface area contributed by atoms with Crippen LogP contribution in [0.5, 0.6) is 0 Å². The molecule has 0 fully saturated rings. The maximum Gasteiger partial charge on any atom is 0.127 e. The Hall–Kier alpha value is -1.42. The number of thiophene rings is 1. The van der Waals surface area contributed by atoms with Crippen molar-refractivity contribution < 1.29 is 4.39 Å². The standard InChI is InChI=1S/C16H13ClFNS/c17-12-5-3-6-13(18)11(12)9-14(19)16-8-10-4-1-2-7-15(10)20-16/h1-8,14H,9,19H2. The Labute approximate surface area is 125 Å². The van der Waals surface area contributed by atoms with E-state index in [1.807, 2.05) is 12.1 Å². The molecule has 1 unspecified atom stereocenters. The molecular weight excluding hydrogens is 293 g/mol. The van der Waals surface area contributed by atoms with Gasteiger partial charge in [0, 0.05) is 26.2 Å². The highest BCUT2D eigenvalue weighted by molar-refractivity contribution is 7.19. The summed E-state index contributed by atoms with van der Waals surface area (Å²) in [7, 11) is 0. The summed E-state index contributed by atoms with van der Waals surface area (Å²) in [4.78, 5) is 1.05. The van der Waals surface area contributed by atoms with Gasteiger partial charge in [0.25, 0.3) is 0 Å². The van der Waals surface area contributed by atoms with E-state index in [4.69, 9.17) is 17.3 Å². The van der Waals surface area contributed by atoms with Gasteiger partial charge in [-0.1, -0.05) is 35.9 Å². The fourth-order valence-electron chi connectivity index (χ4n) is 2.23. The van der Waals surface area contributed by atoms with Crippen LogP contribution in [0.4, 0.5) is 4.39 Å². The normalized spacial score (nSPS) is 12.8. The Bertz CT molecular complexity index is 700. The van der Waals surface area contributed by atoms with E-state index < -0.39 is 0 Å². The lowest BCUT2D eigenvalue weighted by Gasteiger charge is -2.11. The van der Waals surface area contributed by atoms with Crippen molar-refractivity contribution in [2.45, 2.75) is 12.5 Å². The molecular formula is C16H13ClFNS. The van der Waals surface area contributed by atoms with E-state index in [2.05, 4.69) is 18.2 Å². The minimum absolute atomic E-state index is 0.248. The molecule has 3 rings (SSSR count). The quantitative estimate of drug-likeness (QED) is 0.729. The molecule has 0 aliphatic heterocycles. The van der Waals surface area contributed by atoms with Gasteiger partial charge in [-0.15, -0.1) is 11.3 Å². The van der Waals surface area contributed by atoms with Crippen LogP contribution in [0.1, 0.15) is 16.5 Å². The fraction of sp³-hybridized carbons (Fsp3) is 0.125. The minimum Gasteiger partial charge on any atom is -0.323 e. The summed E-state index contributed by atoms with van der Waals surface area (Å²) in [5.74, 6) is -0.297. The van der Waals surface area contributed by atoms with Crippen molar-refractivity contribution in [3.8, 4) is 0 Å². The molecule has 2 N–H and O–H groups in total. The second-order valence-corrected chi connectivity index (χ2v) is 6.22. The van der Waals surface area contributed by atoms with E-state index in [1.54, 1.807) is 23.5 Å². The van der Waals surface area contributed by atoms with Crippen LogP contribution in [0.3, 0.4) is 0 Å². The van der Waals surface area contributed by atoms with Gasteiger partial charge in [-0.05, 0) is 36.1 Å². The van der Waals surface area contributed by atoms with Crippen molar-refractivity contribution in [1.29, 1.82) is 0 Å². The Balaban J connectivity index is 1.91. The Kier molecular flexibility index (Phi) is 3.74. The first-order valence-electron chi connectivity index (χ1n) is 6.32. The van der Waals surface area contributed by atoms with Crippen molar-refractivity contribution >= 4 is 33.0 Å². The van der Waals surface area contributed by atoms with Crippen molar-refractivity contribution in [3.05, 3.63) is 69.8 Å². The average molecular weight is 306 g/mol. The molecule has 2 aromatic carbocycles. The number of fused-ring (bicyclic) bond motifs is 1. The summed E-state index contributed by atoms with van der Waals surface area (Å²) in [6.45, 7) is 0. The summed E-state index contributed by atoms with van der Waals surface area (Å²) in [6, 6.07) is 14.6. The van der Waals surface area contributed by atoms with Gasteiger partial charge in [-0.2, -0.15) is 0 Å². The number of benzene rings is 2. The summed E-state index contributed by atoms with van der Waals surface area (Å²) in [6.07, 6.45) is 0.401.